The normalized spacial score (nSPS) is 19.7. The van der Waals surface area contributed by atoms with Crippen molar-refractivity contribution in [3.63, 3.8) is 0 Å². The molecule has 1 fully saturated rings. The first-order valence-electron chi connectivity index (χ1n) is 5.71. The maximum Gasteiger partial charge on any atom is 0.384 e. The van der Waals surface area contributed by atoms with Crippen LogP contribution in [0.5, 0.6) is 0 Å². The highest BCUT2D eigenvalue weighted by molar-refractivity contribution is 5.88. The van der Waals surface area contributed by atoms with Crippen molar-refractivity contribution in [2.75, 3.05) is 19.8 Å². The molecule has 0 saturated carbocycles. The molecule has 16 heavy (non-hydrogen) atoms. The van der Waals surface area contributed by atoms with Crippen molar-refractivity contribution in [1.29, 1.82) is 0 Å². The Kier molecular flexibility index (Phi) is 6.62. The van der Waals surface area contributed by atoms with E-state index in [-0.39, 0.29) is 6.29 Å². The lowest BCUT2D eigenvalue weighted by atomic mass is 10.2. The minimum Gasteiger partial charge on any atom is -0.456 e. The molecule has 1 aliphatic heterocycles. The van der Waals surface area contributed by atoms with Crippen LogP contribution in [0, 0.1) is 11.8 Å². The summed E-state index contributed by atoms with van der Waals surface area (Å²) >= 11 is 0. The van der Waals surface area contributed by atoms with E-state index in [1.54, 1.807) is 6.92 Å². The number of hydrogen-bond acceptors (Lipinski definition) is 4. The summed E-state index contributed by atoms with van der Waals surface area (Å²) in [7, 11) is 0. The second-order valence-corrected chi connectivity index (χ2v) is 3.44. The van der Waals surface area contributed by atoms with Crippen LogP contribution in [0.2, 0.25) is 0 Å². The van der Waals surface area contributed by atoms with Crippen molar-refractivity contribution in [2.45, 2.75) is 38.9 Å². The number of rotatable bonds is 4. The van der Waals surface area contributed by atoms with E-state index in [9.17, 15) is 4.79 Å². The molecule has 4 nitrogen and oxygen atoms in total. The Labute approximate surface area is 96.2 Å². The van der Waals surface area contributed by atoms with Crippen molar-refractivity contribution in [3.8, 4) is 11.8 Å². The highest BCUT2D eigenvalue weighted by atomic mass is 16.7. The molecule has 90 valence electrons. The Bertz CT molecular complexity index is 258. The third-order valence-electron chi connectivity index (χ3n) is 2.13. The van der Waals surface area contributed by atoms with Gasteiger partial charge in [-0.1, -0.05) is 5.92 Å². The predicted octanol–water partition coefficient (Wildman–Crippen LogP) is 1.49. The van der Waals surface area contributed by atoms with Crippen LogP contribution in [-0.2, 0) is 19.0 Å². The first-order valence-corrected chi connectivity index (χ1v) is 5.71. The number of hydrogen-bond donors (Lipinski definition) is 0. The van der Waals surface area contributed by atoms with Gasteiger partial charge >= 0.3 is 5.97 Å². The molecule has 1 heterocycles. The average Bonchev–Trinajstić information content (AvgIpc) is 2.30. The van der Waals surface area contributed by atoms with E-state index in [4.69, 9.17) is 9.47 Å². The monoisotopic (exact) mass is 226 g/mol. The van der Waals surface area contributed by atoms with E-state index in [0.29, 0.717) is 19.6 Å². The van der Waals surface area contributed by atoms with Gasteiger partial charge in [-0.15, -0.1) is 0 Å². The molecule has 0 aromatic heterocycles. The molecule has 1 rings (SSSR count). The van der Waals surface area contributed by atoms with Crippen LogP contribution < -0.4 is 0 Å². The molecule has 1 atom stereocenters. The van der Waals surface area contributed by atoms with Crippen LogP contribution in [0.15, 0.2) is 0 Å². The topological polar surface area (TPSA) is 44.8 Å². The zero-order valence-corrected chi connectivity index (χ0v) is 9.66. The lowest BCUT2D eigenvalue weighted by Gasteiger charge is -2.22. The van der Waals surface area contributed by atoms with Gasteiger partial charge < -0.3 is 14.2 Å². The van der Waals surface area contributed by atoms with Gasteiger partial charge in [0, 0.05) is 18.9 Å². The third-order valence-corrected chi connectivity index (χ3v) is 2.13. The van der Waals surface area contributed by atoms with Crippen molar-refractivity contribution < 1.29 is 19.0 Å². The average molecular weight is 226 g/mol. The number of carbonyl (C=O) groups excluding carboxylic acids is 1. The lowest BCUT2D eigenvalue weighted by molar-refractivity contribution is -0.161. The summed E-state index contributed by atoms with van der Waals surface area (Å²) < 4.78 is 15.5. The van der Waals surface area contributed by atoms with E-state index < -0.39 is 5.97 Å². The predicted molar refractivity (Wildman–Crippen MR) is 58.6 cm³/mol. The zero-order chi connectivity index (χ0) is 11.6. The van der Waals surface area contributed by atoms with E-state index >= 15 is 0 Å². The van der Waals surface area contributed by atoms with Crippen molar-refractivity contribution >= 4 is 5.97 Å². The second kappa shape index (κ2) is 8.14. The van der Waals surface area contributed by atoms with Gasteiger partial charge in [-0.3, -0.25) is 0 Å². The molecular formula is C12H18O4. The summed E-state index contributed by atoms with van der Waals surface area (Å²) in [6.07, 6.45) is 3.66. The van der Waals surface area contributed by atoms with Gasteiger partial charge in [0.05, 0.1) is 13.2 Å². The van der Waals surface area contributed by atoms with Crippen LogP contribution in [0.25, 0.3) is 0 Å². The Morgan fingerprint density at radius 3 is 3.06 bits per heavy atom. The standard InChI is InChI=1S/C12H18O4/c1-2-14-11(13)7-3-5-9-15-12-8-4-6-10-16-12/h12H,2,4-6,8-10H2,1H3/t12-/m0/s1. The summed E-state index contributed by atoms with van der Waals surface area (Å²) in [4.78, 5) is 10.8. The van der Waals surface area contributed by atoms with Gasteiger partial charge in [0.1, 0.15) is 0 Å². The maximum absolute atomic E-state index is 10.8. The van der Waals surface area contributed by atoms with Crippen molar-refractivity contribution in [1.82, 2.24) is 0 Å². The molecular weight excluding hydrogens is 208 g/mol. The Hall–Kier alpha value is -1.05. The minimum absolute atomic E-state index is 0.0851. The first-order chi connectivity index (χ1) is 7.83. The second-order valence-electron chi connectivity index (χ2n) is 3.44. The zero-order valence-electron chi connectivity index (χ0n) is 9.66. The summed E-state index contributed by atoms with van der Waals surface area (Å²) in [5.41, 5.74) is 0. The first kappa shape index (κ1) is 13.0. The molecule has 0 unspecified atom stereocenters. The largest absolute Gasteiger partial charge is 0.456 e. The van der Waals surface area contributed by atoms with Gasteiger partial charge in [-0.05, 0) is 26.2 Å². The van der Waals surface area contributed by atoms with Crippen LogP contribution in [0.4, 0.5) is 0 Å². The summed E-state index contributed by atoms with van der Waals surface area (Å²) in [6, 6.07) is 0. The van der Waals surface area contributed by atoms with Crippen LogP contribution in [-0.4, -0.2) is 32.1 Å². The Morgan fingerprint density at radius 2 is 2.38 bits per heavy atom. The van der Waals surface area contributed by atoms with E-state index in [1.165, 1.54) is 0 Å². The van der Waals surface area contributed by atoms with Gasteiger partial charge in [-0.2, -0.15) is 0 Å². The maximum atomic E-state index is 10.8. The molecule has 0 radical (unpaired) electrons. The van der Waals surface area contributed by atoms with Gasteiger partial charge in [0.2, 0.25) is 0 Å². The van der Waals surface area contributed by atoms with Crippen LogP contribution in [0.3, 0.4) is 0 Å². The molecule has 4 heteroatoms. The molecule has 0 bridgehead atoms. The highest BCUT2D eigenvalue weighted by Gasteiger charge is 2.12. The van der Waals surface area contributed by atoms with E-state index in [2.05, 4.69) is 16.6 Å². The quantitative estimate of drug-likeness (QED) is 0.315. The van der Waals surface area contributed by atoms with Crippen LogP contribution in [0.1, 0.15) is 32.6 Å². The number of esters is 1. The molecule has 0 N–H and O–H groups in total. The fourth-order valence-electron chi connectivity index (χ4n) is 1.39. The van der Waals surface area contributed by atoms with Gasteiger partial charge in [0.15, 0.2) is 6.29 Å². The molecule has 1 aliphatic rings. The fourth-order valence-corrected chi connectivity index (χ4v) is 1.39. The minimum atomic E-state index is -0.476. The highest BCUT2D eigenvalue weighted by Crippen LogP contribution is 2.13. The summed E-state index contributed by atoms with van der Waals surface area (Å²) in [5.74, 6) is 4.62. The Morgan fingerprint density at radius 1 is 1.50 bits per heavy atom. The summed E-state index contributed by atoms with van der Waals surface area (Å²) in [5, 5.41) is 0. The SMILES string of the molecule is CCOC(=O)C#CCCO[C@@H]1CCCCO1. The molecule has 0 amide bonds. The molecule has 0 aliphatic carbocycles. The van der Waals surface area contributed by atoms with Gasteiger partial charge in [-0.25, -0.2) is 4.79 Å². The van der Waals surface area contributed by atoms with E-state index in [1.807, 2.05) is 0 Å². The molecule has 0 aromatic carbocycles. The van der Waals surface area contributed by atoms with Crippen LogP contribution >= 0.6 is 0 Å². The molecule has 0 spiro atoms. The fraction of sp³-hybridized carbons (Fsp3) is 0.750. The molecule has 0 aromatic rings. The van der Waals surface area contributed by atoms with E-state index in [0.717, 1.165) is 25.9 Å². The number of carbonyl (C=O) groups is 1. The smallest absolute Gasteiger partial charge is 0.384 e. The number of ether oxygens (including phenoxy) is 3. The molecule has 1 saturated heterocycles. The van der Waals surface area contributed by atoms with Crippen molar-refractivity contribution in [2.24, 2.45) is 0 Å². The Balaban J connectivity index is 2.04. The van der Waals surface area contributed by atoms with Gasteiger partial charge in [0.25, 0.3) is 0 Å². The summed E-state index contributed by atoms with van der Waals surface area (Å²) in [6.45, 7) is 3.39. The lowest BCUT2D eigenvalue weighted by Crippen LogP contribution is -2.22. The third kappa shape index (κ3) is 5.74. The van der Waals surface area contributed by atoms with Crippen molar-refractivity contribution in [3.05, 3.63) is 0 Å².